The molecule has 3 rings (SSSR count). The Morgan fingerprint density at radius 3 is 2.28 bits per heavy atom. The van der Waals surface area contributed by atoms with Crippen molar-refractivity contribution in [2.24, 2.45) is 0 Å². The average Bonchev–Trinajstić information content (AvgIpc) is 2.98. The molecule has 0 aromatic heterocycles. The van der Waals surface area contributed by atoms with Crippen LogP contribution in [0.1, 0.15) is 44.2 Å². The number of anilines is 1. The topological polar surface area (TPSA) is 96.0 Å². The fourth-order valence-electron chi connectivity index (χ4n) is 4.43. The first-order valence-corrected chi connectivity index (χ1v) is 16.9. The van der Waals surface area contributed by atoms with E-state index in [0.29, 0.717) is 44.5 Å². The summed E-state index contributed by atoms with van der Waals surface area (Å²) in [5.74, 6) is -0.405. The van der Waals surface area contributed by atoms with Crippen LogP contribution in [0.5, 0.6) is 5.75 Å². The standard InChI is InChI=1S/C31H36BrCl2N3O5S/c1-5-7-16-35-31(39)28(6-2)36(19-22-10-14-26(33)27(34)17-22)30(38)20-37(23-11-8-21(3)9-12-23)43(40,41)24-13-15-29(42-4)25(32)18-24/h8-15,17-18,28H,5-7,16,19-20H2,1-4H3,(H,35,39). The van der Waals surface area contributed by atoms with E-state index in [4.69, 9.17) is 27.9 Å². The molecule has 0 spiro atoms. The Labute approximate surface area is 272 Å². The maximum absolute atomic E-state index is 14.2. The molecule has 1 atom stereocenters. The minimum absolute atomic E-state index is 0.0191. The number of carbonyl (C=O) groups excluding carboxylic acids is 2. The van der Waals surface area contributed by atoms with E-state index < -0.39 is 28.5 Å². The Bertz CT molecular complexity index is 1540. The van der Waals surface area contributed by atoms with E-state index in [0.717, 1.165) is 22.7 Å². The van der Waals surface area contributed by atoms with Crippen molar-refractivity contribution in [1.29, 1.82) is 0 Å². The second-order valence-corrected chi connectivity index (χ2v) is 13.5. The smallest absolute Gasteiger partial charge is 0.264 e. The first kappa shape index (κ1) is 34.7. The second-order valence-electron chi connectivity index (χ2n) is 9.98. The van der Waals surface area contributed by atoms with Crippen LogP contribution < -0.4 is 14.4 Å². The number of nitrogens with one attached hydrogen (secondary N) is 1. The lowest BCUT2D eigenvalue weighted by Gasteiger charge is -2.33. The van der Waals surface area contributed by atoms with Crippen LogP contribution >= 0.6 is 39.1 Å². The van der Waals surface area contributed by atoms with Gasteiger partial charge in [0.2, 0.25) is 11.8 Å². The van der Waals surface area contributed by atoms with Crippen molar-refractivity contribution in [1.82, 2.24) is 10.2 Å². The van der Waals surface area contributed by atoms with Gasteiger partial charge in [-0.05, 0) is 83.7 Å². The van der Waals surface area contributed by atoms with Crippen LogP contribution in [0, 0.1) is 6.92 Å². The maximum Gasteiger partial charge on any atom is 0.264 e. The molecule has 232 valence electrons. The third kappa shape index (κ3) is 8.88. The largest absolute Gasteiger partial charge is 0.496 e. The summed E-state index contributed by atoms with van der Waals surface area (Å²) in [6, 6.07) is 15.4. The van der Waals surface area contributed by atoms with Gasteiger partial charge in [0.1, 0.15) is 18.3 Å². The number of carbonyl (C=O) groups is 2. The first-order chi connectivity index (χ1) is 20.4. The molecule has 0 bridgehead atoms. The molecule has 43 heavy (non-hydrogen) atoms. The summed E-state index contributed by atoms with van der Waals surface area (Å²) in [6.07, 6.45) is 2.00. The summed E-state index contributed by atoms with van der Waals surface area (Å²) < 4.78 is 35.0. The molecule has 0 aliphatic heterocycles. The van der Waals surface area contributed by atoms with Crippen molar-refractivity contribution in [3.63, 3.8) is 0 Å². The fourth-order valence-corrected chi connectivity index (χ4v) is 6.89. The quantitative estimate of drug-likeness (QED) is 0.182. The van der Waals surface area contributed by atoms with Gasteiger partial charge in [-0.15, -0.1) is 0 Å². The van der Waals surface area contributed by atoms with Crippen molar-refractivity contribution in [3.05, 3.63) is 86.3 Å². The van der Waals surface area contributed by atoms with Gasteiger partial charge in [-0.3, -0.25) is 13.9 Å². The minimum Gasteiger partial charge on any atom is -0.496 e. The lowest BCUT2D eigenvalue weighted by Crippen LogP contribution is -2.52. The average molecular weight is 714 g/mol. The Morgan fingerprint density at radius 1 is 1.00 bits per heavy atom. The van der Waals surface area contributed by atoms with Gasteiger partial charge in [-0.2, -0.15) is 0 Å². The zero-order chi connectivity index (χ0) is 31.7. The minimum atomic E-state index is -4.24. The number of sulfonamides is 1. The van der Waals surface area contributed by atoms with E-state index in [1.807, 2.05) is 20.8 Å². The van der Waals surface area contributed by atoms with Crippen LogP contribution in [0.2, 0.25) is 10.0 Å². The highest BCUT2D eigenvalue weighted by molar-refractivity contribution is 9.10. The molecule has 0 saturated heterocycles. The number of ether oxygens (including phenoxy) is 1. The van der Waals surface area contributed by atoms with Crippen molar-refractivity contribution < 1.29 is 22.7 Å². The molecule has 0 radical (unpaired) electrons. The van der Waals surface area contributed by atoms with Crippen molar-refractivity contribution in [2.75, 3.05) is 24.5 Å². The lowest BCUT2D eigenvalue weighted by atomic mass is 10.1. The number of aryl methyl sites for hydroxylation is 1. The molecule has 8 nitrogen and oxygen atoms in total. The van der Waals surface area contributed by atoms with Gasteiger partial charge < -0.3 is 15.0 Å². The number of rotatable bonds is 14. The summed E-state index contributed by atoms with van der Waals surface area (Å²) in [4.78, 5) is 28.9. The lowest BCUT2D eigenvalue weighted by molar-refractivity contribution is -0.140. The molecular weight excluding hydrogens is 677 g/mol. The Hall–Kier alpha value is -2.79. The highest BCUT2D eigenvalue weighted by atomic mass is 79.9. The van der Waals surface area contributed by atoms with Gasteiger partial charge >= 0.3 is 0 Å². The highest BCUT2D eigenvalue weighted by Crippen LogP contribution is 2.31. The van der Waals surface area contributed by atoms with Crippen LogP contribution in [0.25, 0.3) is 0 Å². The first-order valence-electron chi connectivity index (χ1n) is 13.9. The molecule has 12 heteroatoms. The number of halogens is 3. The van der Waals surface area contributed by atoms with Gasteiger partial charge in [0.25, 0.3) is 10.0 Å². The van der Waals surface area contributed by atoms with Crippen LogP contribution in [0.4, 0.5) is 5.69 Å². The number of hydrogen-bond donors (Lipinski definition) is 1. The molecule has 3 aromatic carbocycles. The molecule has 1 N–H and O–H groups in total. The molecule has 0 heterocycles. The molecule has 2 amide bonds. The zero-order valence-corrected chi connectivity index (χ0v) is 28.5. The van der Waals surface area contributed by atoms with Crippen molar-refractivity contribution >= 4 is 66.7 Å². The van der Waals surface area contributed by atoms with Gasteiger partial charge in [0.15, 0.2) is 0 Å². The molecular formula is C31H36BrCl2N3O5S. The predicted octanol–water partition coefficient (Wildman–Crippen LogP) is 6.99. The Morgan fingerprint density at radius 2 is 1.70 bits per heavy atom. The summed E-state index contributed by atoms with van der Waals surface area (Å²) in [7, 11) is -2.75. The summed E-state index contributed by atoms with van der Waals surface area (Å²) in [5, 5.41) is 3.57. The highest BCUT2D eigenvalue weighted by Gasteiger charge is 2.34. The summed E-state index contributed by atoms with van der Waals surface area (Å²) in [5.41, 5.74) is 1.88. The molecule has 0 aliphatic carbocycles. The Kier molecular flexibility index (Phi) is 12.7. The van der Waals surface area contributed by atoms with Crippen LogP contribution in [-0.2, 0) is 26.2 Å². The predicted molar refractivity (Wildman–Crippen MR) is 175 cm³/mol. The zero-order valence-electron chi connectivity index (χ0n) is 24.6. The van der Waals surface area contributed by atoms with E-state index >= 15 is 0 Å². The number of unbranched alkanes of at least 4 members (excludes halogenated alkanes) is 1. The van der Waals surface area contributed by atoms with E-state index in [1.165, 1.54) is 30.2 Å². The van der Waals surface area contributed by atoms with Crippen molar-refractivity contribution in [3.8, 4) is 5.75 Å². The van der Waals surface area contributed by atoms with Gasteiger partial charge in [0.05, 0.1) is 32.2 Å². The van der Waals surface area contributed by atoms with Crippen molar-refractivity contribution in [2.45, 2.75) is 57.5 Å². The van der Waals surface area contributed by atoms with Crippen LogP contribution in [0.3, 0.4) is 0 Å². The molecule has 1 unspecified atom stereocenters. The van der Waals surface area contributed by atoms with Crippen LogP contribution in [-0.4, -0.2) is 51.4 Å². The number of methoxy groups -OCH3 is 1. The van der Waals surface area contributed by atoms with E-state index in [2.05, 4.69) is 21.2 Å². The molecule has 3 aromatic rings. The number of hydrogen-bond acceptors (Lipinski definition) is 5. The van der Waals surface area contributed by atoms with Gasteiger partial charge in [-0.25, -0.2) is 8.42 Å². The third-order valence-corrected chi connectivity index (χ3v) is 9.99. The molecule has 0 aliphatic rings. The van der Waals surface area contributed by atoms with E-state index in [1.54, 1.807) is 42.5 Å². The van der Waals surface area contributed by atoms with Gasteiger partial charge in [-0.1, -0.05) is 67.2 Å². The normalized spacial score (nSPS) is 12.0. The summed E-state index contributed by atoms with van der Waals surface area (Å²) >= 11 is 15.7. The van der Waals surface area contributed by atoms with E-state index in [9.17, 15) is 18.0 Å². The number of benzene rings is 3. The Balaban J connectivity index is 2.07. The summed E-state index contributed by atoms with van der Waals surface area (Å²) in [6.45, 7) is 5.65. The maximum atomic E-state index is 14.2. The number of amides is 2. The van der Waals surface area contributed by atoms with E-state index in [-0.39, 0.29) is 17.3 Å². The van der Waals surface area contributed by atoms with Gasteiger partial charge in [0, 0.05) is 13.1 Å². The fraction of sp³-hybridized carbons (Fsp3) is 0.355. The molecule has 0 fully saturated rings. The van der Waals surface area contributed by atoms with Crippen LogP contribution in [0.15, 0.2) is 70.0 Å². The molecule has 0 saturated carbocycles. The SMILES string of the molecule is CCCCNC(=O)C(CC)N(Cc1ccc(Cl)c(Cl)c1)C(=O)CN(c1ccc(C)cc1)S(=O)(=O)c1ccc(OC)c(Br)c1. The third-order valence-electron chi connectivity index (χ3n) is 6.86. The number of nitrogens with zero attached hydrogens (tertiary/aromatic N) is 2. The monoisotopic (exact) mass is 711 g/mol. The second kappa shape index (κ2) is 15.8.